The van der Waals surface area contributed by atoms with Crippen LogP contribution in [0.2, 0.25) is 0 Å². The Hall–Kier alpha value is -1.42. The molecule has 0 bridgehead atoms. The number of aliphatic hydroxyl groups is 1. The van der Waals surface area contributed by atoms with Gasteiger partial charge in [0.25, 0.3) is 0 Å². The number of ketones is 1. The predicted octanol–water partition coefficient (Wildman–Crippen LogP) is 6.67. The molecule has 0 radical (unpaired) electrons. The van der Waals surface area contributed by atoms with Gasteiger partial charge >= 0.3 is 5.97 Å². The third-order valence-electron chi connectivity index (χ3n) is 9.98. The van der Waals surface area contributed by atoms with Crippen molar-refractivity contribution in [3.63, 3.8) is 0 Å². The molecule has 192 valence electrons. The number of carbonyl (C=O) groups excluding carboxylic acids is 2. The Morgan fingerprint density at radius 2 is 1.94 bits per heavy atom. The van der Waals surface area contributed by atoms with Gasteiger partial charge in [-0.3, -0.25) is 9.59 Å². The molecule has 0 heterocycles. The van der Waals surface area contributed by atoms with Gasteiger partial charge in [-0.05, 0) is 93.8 Å². The van der Waals surface area contributed by atoms with Gasteiger partial charge in [0.1, 0.15) is 5.78 Å². The molecule has 0 aromatic rings. The summed E-state index contributed by atoms with van der Waals surface area (Å²) >= 11 is 0. The van der Waals surface area contributed by atoms with E-state index >= 15 is 0 Å². The molecule has 4 heteroatoms. The van der Waals surface area contributed by atoms with Crippen molar-refractivity contribution in [2.24, 2.45) is 40.4 Å². The second kappa shape index (κ2) is 10.7. The van der Waals surface area contributed by atoms with Gasteiger partial charge in [0.05, 0.1) is 12.7 Å². The van der Waals surface area contributed by atoms with Crippen LogP contribution in [0.15, 0.2) is 23.8 Å². The number of esters is 1. The normalized spacial score (nSPS) is 36.7. The van der Waals surface area contributed by atoms with E-state index in [1.165, 1.54) is 12.5 Å². The molecule has 0 aliphatic heterocycles. The Bertz CT molecular complexity index is 811. The number of Topliss-reactive ketones (excluding diaryl/α,β-unsaturated/α-hetero) is 1. The van der Waals surface area contributed by atoms with Crippen molar-refractivity contribution in [3.05, 3.63) is 23.8 Å². The van der Waals surface area contributed by atoms with Crippen molar-refractivity contribution < 1.29 is 19.4 Å². The zero-order valence-corrected chi connectivity index (χ0v) is 22.5. The van der Waals surface area contributed by atoms with Crippen LogP contribution in [0.3, 0.4) is 0 Å². The summed E-state index contributed by atoms with van der Waals surface area (Å²) in [7, 11) is 0. The van der Waals surface area contributed by atoms with Gasteiger partial charge in [0, 0.05) is 18.3 Å². The molecule has 34 heavy (non-hydrogen) atoms. The Morgan fingerprint density at radius 3 is 2.59 bits per heavy atom. The molecule has 2 saturated carbocycles. The minimum atomic E-state index is -0.419. The standard InChI is InChI=1S/C30H48O4/c1-19(2)20(3)8-9-21(4)26-12-13-27(30(26,7)16-17-34-22(5)31)25-11-10-23-18-24(32)14-15-29(23,6)28(25)33/h10,19,21,24-27,32H,3,8-9,11-18H2,1-2,4-7H3. The highest BCUT2D eigenvalue weighted by Gasteiger charge is 2.55. The van der Waals surface area contributed by atoms with E-state index in [9.17, 15) is 14.7 Å². The number of hydrogen-bond acceptors (Lipinski definition) is 4. The SMILES string of the molecule is C=C(CCC(C)C1CCC(C2CC=C3CC(O)CCC3(C)C2=O)C1(C)CCOC(C)=O)C(C)C. The first-order valence-corrected chi connectivity index (χ1v) is 13.6. The number of aliphatic hydroxyl groups excluding tert-OH is 1. The summed E-state index contributed by atoms with van der Waals surface area (Å²) in [6.45, 7) is 17.5. The predicted molar refractivity (Wildman–Crippen MR) is 137 cm³/mol. The van der Waals surface area contributed by atoms with Crippen LogP contribution in [0.25, 0.3) is 0 Å². The van der Waals surface area contributed by atoms with Crippen LogP contribution in [-0.4, -0.2) is 29.6 Å². The molecule has 0 saturated heterocycles. The summed E-state index contributed by atoms with van der Waals surface area (Å²) in [5.41, 5.74) is 2.02. The molecule has 0 spiro atoms. The first-order valence-electron chi connectivity index (χ1n) is 13.6. The van der Waals surface area contributed by atoms with Crippen molar-refractivity contribution in [2.75, 3.05) is 6.61 Å². The highest BCUT2D eigenvalue weighted by Crippen LogP contribution is 2.59. The van der Waals surface area contributed by atoms with Crippen LogP contribution >= 0.6 is 0 Å². The fourth-order valence-electron chi connectivity index (χ4n) is 7.50. The summed E-state index contributed by atoms with van der Waals surface area (Å²) in [5.74, 6) is 2.04. The number of hydrogen-bond donors (Lipinski definition) is 1. The van der Waals surface area contributed by atoms with Gasteiger partial charge in [0.2, 0.25) is 0 Å². The van der Waals surface area contributed by atoms with E-state index in [4.69, 9.17) is 4.74 Å². The van der Waals surface area contributed by atoms with E-state index in [1.54, 1.807) is 0 Å². The highest BCUT2D eigenvalue weighted by molar-refractivity contribution is 5.91. The maximum Gasteiger partial charge on any atom is 0.302 e. The number of allylic oxidation sites excluding steroid dienone is 2. The first-order chi connectivity index (χ1) is 15.9. The zero-order chi connectivity index (χ0) is 25.3. The molecule has 7 atom stereocenters. The average Bonchev–Trinajstić information content (AvgIpc) is 3.10. The lowest BCUT2D eigenvalue weighted by molar-refractivity contribution is -0.143. The van der Waals surface area contributed by atoms with Crippen LogP contribution in [0.4, 0.5) is 0 Å². The van der Waals surface area contributed by atoms with E-state index < -0.39 is 5.41 Å². The van der Waals surface area contributed by atoms with Crippen molar-refractivity contribution in [1.82, 2.24) is 0 Å². The minimum Gasteiger partial charge on any atom is -0.466 e. The van der Waals surface area contributed by atoms with E-state index in [0.717, 1.165) is 50.5 Å². The second-order valence-electron chi connectivity index (χ2n) is 12.4. The largest absolute Gasteiger partial charge is 0.466 e. The Morgan fingerprint density at radius 1 is 1.24 bits per heavy atom. The summed E-state index contributed by atoms with van der Waals surface area (Å²) in [6, 6.07) is 0. The molecule has 3 aliphatic carbocycles. The third kappa shape index (κ3) is 5.37. The molecule has 0 aromatic heterocycles. The van der Waals surface area contributed by atoms with Gasteiger partial charge < -0.3 is 9.84 Å². The van der Waals surface area contributed by atoms with Gasteiger partial charge in [-0.25, -0.2) is 0 Å². The maximum atomic E-state index is 14.0. The average molecular weight is 473 g/mol. The number of fused-ring (bicyclic) bond motifs is 1. The molecule has 1 N–H and O–H groups in total. The molecular weight excluding hydrogens is 424 g/mol. The second-order valence-corrected chi connectivity index (χ2v) is 12.4. The van der Waals surface area contributed by atoms with Gasteiger partial charge in [0.15, 0.2) is 0 Å². The molecule has 0 aromatic carbocycles. The molecular formula is C30H48O4. The van der Waals surface area contributed by atoms with Crippen LogP contribution in [-0.2, 0) is 14.3 Å². The lowest BCUT2D eigenvalue weighted by atomic mass is 9.56. The quantitative estimate of drug-likeness (QED) is 0.301. The highest BCUT2D eigenvalue weighted by atomic mass is 16.5. The fraction of sp³-hybridized carbons (Fsp3) is 0.800. The number of ether oxygens (including phenoxy) is 1. The Balaban J connectivity index is 1.83. The summed E-state index contributed by atoms with van der Waals surface area (Å²) in [5, 5.41) is 10.2. The third-order valence-corrected chi connectivity index (χ3v) is 9.98. The minimum absolute atomic E-state index is 0.0224. The molecule has 3 rings (SSSR count). The van der Waals surface area contributed by atoms with E-state index in [-0.39, 0.29) is 23.4 Å². The van der Waals surface area contributed by atoms with E-state index in [2.05, 4.69) is 47.3 Å². The first kappa shape index (κ1) is 27.2. The summed E-state index contributed by atoms with van der Waals surface area (Å²) in [6.07, 6.45) is 10.0. The van der Waals surface area contributed by atoms with Crippen LogP contribution in [0.5, 0.6) is 0 Å². The molecule has 7 unspecified atom stereocenters. The van der Waals surface area contributed by atoms with E-state index in [0.29, 0.717) is 48.9 Å². The van der Waals surface area contributed by atoms with Crippen molar-refractivity contribution in [1.29, 1.82) is 0 Å². The number of carbonyl (C=O) groups is 2. The van der Waals surface area contributed by atoms with Crippen LogP contribution < -0.4 is 0 Å². The monoisotopic (exact) mass is 472 g/mol. The molecule has 2 fully saturated rings. The fourth-order valence-corrected chi connectivity index (χ4v) is 7.50. The molecule has 0 amide bonds. The van der Waals surface area contributed by atoms with Gasteiger partial charge in [-0.15, -0.1) is 0 Å². The van der Waals surface area contributed by atoms with E-state index in [1.807, 2.05) is 0 Å². The lowest BCUT2D eigenvalue weighted by Gasteiger charge is -2.48. The van der Waals surface area contributed by atoms with Crippen molar-refractivity contribution in [2.45, 2.75) is 105 Å². The van der Waals surface area contributed by atoms with Gasteiger partial charge in [-0.2, -0.15) is 0 Å². The van der Waals surface area contributed by atoms with Crippen molar-refractivity contribution in [3.8, 4) is 0 Å². The van der Waals surface area contributed by atoms with Crippen LogP contribution in [0, 0.1) is 40.4 Å². The van der Waals surface area contributed by atoms with Gasteiger partial charge in [-0.1, -0.05) is 51.5 Å². The van der Waals surface area contributed by atoms with Crippen molar-refractivity contribution >= 4 is 11.8 Å². The zero-order valence-electron chi connectivity index (χ0n) is 22.5. The Labute approximate surface area is 207 Å². The van der Waals surface area contributed by atoms with Crippen LogP contribution in [0.1, 0.15) is 99.3 Å². The maximum absolute atomic E-state index is 14.0. The summed E-state index contributed by atoms with van der Waals surface area (Å²) in [4.78, 5) is 25.5. The topological polar surface area (TPSA) is 63.6 Å². The number of rotatable bonds is 9. The summed E-state index contributed by atoms with van der Waals surface area (Å²) < 4.78 is 5.43. The lowest BCUT2D eigenvalue weighted by Crippen LogP contribution is -2.47. The Kier molecular flexibility index (Phi) is 8.54. The molecule has 4 nitrogen and oxygen atoms in total. The molecule has 3 aliphatic rings. The smallest absolute Gasteiger partial charge is 0.302 e.